The van der Waals surface area contributed by atoms with Crippen LogP contribution in [-0.2, 0) is 4.79 Å². The Labute approximate surface area is 85.0 Å². The van der Waals surface area contributed by atoms with Gasteiger partial charge in [-0.15, -0.1) is 0 Å². The molecule has 0 unspecified atom stereocenters. The van der Waals surface area contributed by atoms with E-state index in [0.29, 0.717) is 4.60 Å². The third kappa shape index (κ3) is 2.84. The smallest absolute Gasteiger partial charge is 0.335 e. The van der Waals surface area contributed by atoms with Gasteiger partial charge in [0.15, 0.2) is 0 Å². The standard InChI is InChI=1S/C8H11BrN2O2/c1-8(2,3)7(12)13-11-4-6(9)10-5-11/h4-5H,1-3H3. The van der Waals surface area contributed by atoms with Gasteiger partial charge in [0.1, 0.15) is 10.9 Å². The summed E-state index contributed by atoms with van der Waals surface area (Å²) >= 11 is 3.15. The van der Waals surface area contributed by atoms with Gasteiger partial charge >= 0.3 is 5.97 Å². The Morgan fingerprint density at radius 2 is 2.23 bits per heavy atom. The number of aromatic nitrogens is 2. The van der Waals surface area contributed by atoms with E-state index in [1.807, 2.05) is 0 Å². The molecule has 0 N–H and O–H groups in total. The third-order valence-electron chi connectivity index (χ3n) is 1.33. The molecule has 0 aliphatic heterocycles. The number of imidazole rings is 1. The van der Waals surface area contributed by atoms with Crippen molar-refractivity contribution in [1.29, 1.82) is 0 Å². The van der Waals surface area contributed by atoms with Gasteiger partial charge in [0.25, 0.3) is 0 Å². The first-order valence-electron chi connectivity index (χ1n) is 3.82. The van der Waals surface area contributed by atoms with Crippen LogP contribution in [-0.4, -0.2) is 15.7 Å². The predicted octanol–water partition coefficient (Wildman–Crippen LogP) is 1.65. The van der Waals surface area contributed by atoms with Crippen molar-refractivity contribution < 1.29 is 9.63 Å². The van der Waals surface area contributed by atoms with Gasteiger partial charge in [-0.25, -0.2) is 9.78 Å². The lowest BCUT2D eigenvalue weighted by atomic mass is 9.98. The van der Waals surface area contributed by atoms with Crippen LogP contribution < -0.4 is 4.84 Å². The van der Waals surface area contributed by atoms with Crippen LogP contribution >= 0.6 is 15.9 Å². The van der Waals surface area contributed by atoms with E-state index in [9.17, 15) is 4.79 Å². The Morgan fingerprint density at radius 1 is 1.62 bits per heavy atom. The first kappa shape index (κ1) is 10.2. The Balaban J connectivity index is 2.65. The van der Waals surface area contributed by atoms with Gasteiger partial charge in [-0.3, -0.25) is 0 Å². The van der Waals surface area contributed by atoms with Crippen LogP contribution in [0.25, 0.3) is 0 Å². The molecule has 0 bridgehead atoms. The number of hydrogen-bond acceptors (Lipinski definition) is 3. The molecule has 0 amide bonds. The van der Waals surface area contributed by atoms with Crippen LogP contribution in [0.1, 0.15) is 20.8 Å². The average molecular weight is 247 g/mol. The predicted molar refractivity (Wildman–Crippen MR) is 51.0 cm³/mol. The minimum absolute atomic E-state index is 0.294. The minimum atomic E-state index is -0.503. The number of carbonyl (C=O) groups excluding carboxylic acids is 1. The van der Waals surface area contributed by atoms with E-state index in [0.717, 1.165) is 0 Å². The Kier molecular flexibility index (Phi) is 2.75. The van der Waals surface area contributed by atoms with Crippen LogP contribution in [0.2, 0.25) is 0 Å². The highest BCUT2D eigenvalue weighted by molar-refractivity contribution is 9.10. The largest absolute Gasteiger partial charge is 0.338 e. The maximum Gasteiger partial charge on any atom is 0.338 e. The number of hydrogen-bond donors (Lipinski definition) is 0. The second-order valence-corrected chi connectivity index (χ2v) is 4.50. The molecule has 0 aliphatic carbocycles. The molecule has 13 heavy (non-hydrogen) atoms. The molecule has 72 valence electrons. The molecule has 0 spiro atoms. The lowest BCUT2D eigenvalue weighted by Gasteiger charge is -2.15. The average Bonchev–Trinajstić information content (AvgIpc) is 2.33. The van der Waals surface area contributed by atoms with Gasteiger partial charge in [0, 0.05) is 0 Å². The highest BCUT2D eigenvalue weighted by atomic mass is 79.9. The van der Waals surface area contributed by atoms with Gasteiger partial charge in [-0.05, 0) is 36.7 Å². The van der Waals surface area contributed by atoms with Crippen LogP contribution in [0, 0.1) is 5.41 Å². The lowest BCUT2D eigenvalue weighted by molar-refractivity contribution is -0.153. The fraction of sp³-hybridized carbons (Fsp3) is 0.500. The zero-order chi connectivity index (χ0) is 10.1. The molecule has 0 aliphatic rings. The van der Waals surface area contributed by atoms with Crippen molar-refractivity contribution in [1.82, 2.24) is 9.71 Å². The molecule has 5 heteroatoms. The van der Waals surface area contributed by atoms with E-state index in [4.69, 9.17) is 4.84 Å². The number of rotatable bonds is 1. The van der Waals surface area contributed by atoms with E-state index >= 15 is 0 Å². The van der Waals surface area contributed by atoms with E-state index in [1.165, 1.54) is 11.1 Å². The van der Waals surface area contributed by atoms with Gasteiger partial charge in [-0.2, -0.15) is 4.73 Å². The Morgan fingerprint density at radius 3 is 2.62 bits per heavy atom. The minimum Gasteiger partial charge on any atom is -0.335 e. The fourth-order valence-corrected chi connectivity index (χ4v) is 0.860. The fourth-order valence-electron chi connectivity index (χ4n) is 0.566. The second-order valence-electron chi connectivity index (χ2n) is 3.69. The molecule has 0 radical (unpaired) electrons. The maximum atomic E-state index is 11.4. The molecule has 0 fully saturated rings. The normalized spacial score (nSPS) is 11.4. The van der Waals surface area contributed by atoms with Crippen LogP contribution in [0.4, 0.5) is 0 Å². The van der Waals surface area contributed by atoms with E-state index in [2.05, 4.69) is 20.9 Å². The molecule has 0 saturated carbocycles. The molecule has 1 aromatic heterocycles. The van der Waals surface area contributed by atoms with Gasteiger partial charge in [-0.1, -0.05) is 0 Å². The summed E-state index contributed by atoms with van der Waals surface area (Å²) < 4.78 is 1.91. The monoisotopic (exact) mass is 246 g/mol. The van der Waals surface area contributed by atoms with Gasteiger partial charge in [0.05, 0.1) is 11.6 Å². The summed E-state index contributed by atoms with van der Waals surface area (Å²) in [6, 6.07) is 0. The Hall–Kier alpha value is -0.840. The van der Waals surface area contributed by atoms with E-state index in [1.54, 1.807) is 27.0 Å². The molecule has 1 aromatic rings. The molecule has 0 saturated heterocycles. The molecule has 4 nitrogen and oxygen atoms in total. The quantitative estimate of drug-likeness (QED) is 0.757. The Bertz CT molecular complexity index is 314. The van der Waals surface area contributed by atoms with Crippen LogP contribution in [0.5, 0.6) is 0 Å². The molecule has 0 aromatic carbocycles. The van der Waals surface area contributed by atoms with Crippen molar-refractivity contribution in [3.05, 3.63) is 17.1 Å². The van der Waals surface area contributed by atoms with Crippen LogP contribution in [0.15, 0.2) is 17.1 Å². The van der Waals surface area contributed by atoms with Crippen molar-refractivity contribution in [2.45, 2.75) is 20.8 Å². The number of carbonyl (C=O) groups is 1. The summed E-state index contributed by atoms with van der Waals surface area (Å²) in [5.74, 6) is -0.294. The summed E-state index contributed by atoms with van der Waals surface area (Å²) in [5.41, 5.74) is -0.503. The number of halogens is 1. The van der Waals surface area contributed by atoms with Crippen molar-refractivity contribution in [2.75, 3.05) is 0 Å². The molecule has 1 heterocycles. The highest BCUT2D eigenvalue weighted by Crippen LogP contribution is 2.13. The first-order valence-corrected chi connectivity index (χ1v) is 4.61. The topological polar surface area (TPSA) is 44.1 Å². The van der Waals surface area contributed by atoms with Crippen LogP contribution in [0.3, 0.4) is 0 Å². The summed E-state index contributed by atoms with van der Waals surface area (Å²) in [5, 5.41) is 0. The van der Waals surface area contributed by atoms with Crippen molar-refractivity contribution in [3.63, 3.8) is 0 Å². The summed E-state index contributed by atoms with van der Waals surface area (Å²) in [7, 11) is 0. The maximum absolute atomic E-state index is 11.4. The summed E-state index contributed by atoms with van der Waals surface area (Å²) in [4.78, 5) is 20.2. The van der Waals surface area contributed by atoms with Gasteiger partial charge in [0.2, 0.25) is 0 Å². The molecular formula is C8H11BrN2O2. The third-order valence-corrected chi connectivity index (χ3v) is 1.74. The molecular weight excluding hydrogens is 236 g/mol. The van der Waals surface area contributed by atoms with E-state index in [-0.39, 0.29) is 5.97 Å². The van der Waals surface area contributed by atoms with Crippen molar-refractivity contribution >= 4 is 21.9 Å². The van der Waals surface area contributed by atoms with Gasteiger partial charge < -0.3 is 4.84 Å². The highest BCUT2D eigenvalue weighted by Gasteiger charge is 2.24. The van der Waals surface area contributed by atoms with E-state index < -0.39 is 5.41 Å². The first-order chi connectivity index (χ1) is 5.89. The van der Waals surface area contributed by atoms with Crippen molar-refractivity contribution in [2.24, 2.45) is 5.41 Å². The SMILES string of the molecule is CC(C)(C)C(=O)On1cnc(Br)c1. The number of nitrogens with zero attached hydrogens (tertiary/aromatic N) is 2. The second kappa shape index (κ2) is 3.49. The summed E-state index contributed by atoms with van der Waals surface area (Å²) in [6.45, 7) is 5.38. The zero-order valence-electron chi connectivity index (χ0n) is 7.74. The summed E-state index contributed by atoms with van der Waals surface area (Å²) in [6.07, 6.45) is 3.00. The zero-order valence-corrected chi connectivity index (χ0v) is 9.33. The molecule has 0 atom stereocenters. The lowest BCUT2D eigenvalue weighted by Crippen LogP contribution is -2.30. The molecule has 1 rings (SSSR count). The van der Waals surface area contributed by atoms with Crippen molar-refractivity contribution in [3.8, 4) is 0 Å².